The van der Waals surface area contributed by atoms with E-state index < -0.39 is 11.8 Å². The number of carbonyl (C=O) groups is 1. The monoisotopic (exact) mass is 485 g/mol. The Kier molecular flexibility index (Phi) is 8.41. The maximum atomic E-state index is 13.8. The van der Waals surface area contributed by atoms with Crippen molar-refractivity contribution < 1.29 is 14.3 Å². The van der Waals surface area contributed by atoms with E-state index in [4.69, 9.17) is 16.7 Å². The molecule has 0 radical (unpaired) electrons. The molecule has 3 nitrogen and oxygen atoms in total. The Hall–Kier alpha value is -3.94. The summed E-state index contributed by atoms with van der Waals surface area (Å²) in [5.41, 5.74) is 7.11. The zero-order valence-corrected chi connectivity index (χ0v) is 20.5. The maximum Gasteiger partial charge on any atom is 0.328 e. The third-order valence-corrected chi connectivity index (χ3v) is 6.12. The summed E-state index contributed by atoms with van der Waals surface area (Å²) in [4.78, 5) is 10.9. The Labute approximate surface area is 210 Å². The highest BCUT2D eigenvalue weighted by Crippen LogP contribution is 2.40. The zero-order chi connectivity index (χ0) is 25.5. The van der Waals surface area contributed by atoms with Crippen molar-refractivity contribution in [2.45, 2.75) is 27.2 Å². The molecule has 0 saturated heterocycles. The highest BCUT2D eigenvalue weighted by atomic mass is 35.5. The number of nitriles is 1. The molecule has 0 heterocycles. The molecule has 176 valence electrons. The molecule has 0 aliphatic rings. The van der Waals surface area contributed by atoms with E-state index >= 15 is 0 Å². The normalized spacial score (nSPS) is 12.7. The van der Waals surface area contributed by atoms with E-state index in [9.17, 15) is 14.4 Å². The van der Waals surface area contributed by atoms with E-state index in [-0.39, 0.29) is 0 Å². The molecule has 0 unspecified atom stereocenters. The fourth-order valence-electron chi connectivity index (χ4n) is 4.11. The van der Waals surface area contributed by atoms with Crippen molar-refractivity contribution in [2.75, 3.05) is 0 Å². The summed E-state index contributed by atoms with van der Waals surface area (Å²) in [5.74, 6) is -1.44. The minimum Gasteiger partial charge on any atom is -0.478 e. The summed E-state index contributed by atoms with van der Waals surface area (Å²) >= 11 is 6.47. The van der Waals surface area contributed by atoms with Crippen molar-refractivity contribution in [3.05, 3.63) is 117 Å². The lowest BCUT2D eigenvalue weighted by atomic mass is 9.84. The molecule has 3 aromatic carbocycles. The molecular formula is C30H25ClFNO2. The fraction of sp³-hybridized carbons (Fsp3) is 0.133. The zero-order valence-electron chi connectivity index (χ0n) is 19.8. The number of nitrogens with zero attached hydrogens (tertiary/aromatic N) is 1. The fourth-order valence-corrected chi connectivity index (χ4v) is 4.39. The highest BCUT2D eigenvalue weighted by molar-refractivity contribution is 6.32. The number of benzene rings is 3. The second kappa shape index (κ2) is 11.5. The average Bonchev–Trinajstić information content (AvgIpc) is 2.83. The first kappa shape index (κ1) is 25.7. The summed E-state index contributed by atoms with van der Waals surface area (Å²) in [7, 11) is 0. The molecule has 0 amide bonds. The van der Waals surface area contributed by atoms with Gasteiger partial charge in [0.15, 0.2) is 0 Å². The third-order valence-electron chi connectivity index (χ3n) is 5.81. The summed E-state index contributed by atoms with van der Waals surface area (Å²) in [6.45, 7) is 5.86. The van der Waals surface area contributed by atoms with Crippen LogP contribution in [0.2, 0.25) is 5.02 Å². The van der Waals surface area contributed by atoms with Gasteiger partial charge in [-0.2, -0.15) is 5.26 Å². The van der Waals surface area contributed by atoms with Crippen molar-refractivity contribution in [3.8, 4) is 6.07 Å². The quantitative estimate of drug-likeness (QED) is 0.159. The first-order valence-electron chi connectivity index (χ1n) is 11.1. The highest BCUT2D eigenvalue weighted by Gasteiger charge is 2.19. The van der Waals surface area contributed by atoms with Crippen LogP contribution in [0.5, 0.6) is 0 Å². The van der Waals surface area contributed by atoms with E-state index in [2.05, 4.69) is 6.07 Å². The van der Waals surface area contributed by atoms with Crippen molar-refractivity contribution in [2.24, 2.45) is 0 Å². The van der Waals surface area contributed by atoms with Gasteiger partial charge in [-0.15, -0.1) is 0 Å². The topological polar surface area (TPSA) is 61.1 Å². The van der Waals surface area contributed by atoms with E-state index in [1.165, 1.54) is 18.2 Å². The molecule has 3 rings (SSSR count). The maximum absolute atomic E-state index is 13.8. The lowest BCUT2D eigenvalue weighted by molar-refractivity contribution is -0.131. The van der Waals surface area contributed by atoms with E-state index in [0.717, 1.165) is 45.0 Å². The van der Waals surface area contributed by atoms with Crippen LogP contribution in [0.4, 0.5) is 4.39 Å². The Morgan fingerprint density at radius 1 is 1.09 bits per heavy atom. The van der Waals surface area contributed by atoms with Crippen LogP contribution >= 0.6 is 11.6 Å². The van der Waals surface area contributed by atoms with Gasteiger partial charge in [-0.05, 0) is 83.0 Å². The number of hydrogen-bond acceptors (Lipinski definition) is 2. The van der Waals surface area contributed by atoms with E-state index in [1.54, 1.807) is 6.07 Å². The third kappa shape index (κ3) is 5.95. The molecule has 1 N–H and O–H groups in total. The summed E-state index contributed by atoms with van der Waals surface area (Å²) in [6, 6.07) is 21.8. The average molecular weight is 486 g/mol. The summed E-state index contributed by atoms with van der Waals surface area (Å²) in [6.07, 6.45) is 3.19. The van der Waals surface area contributed by atoms with Crippen molar-refractivity contribution in [1.82, 2.24) is 0 Å². The lowest BCUT2D eigenvalue weighted by Gasteiger charge is -2.19. The number of hydrogen-bond donors (Lipinski definition) is 1. The van der Waals surface area contributed by atoms with E-state index in [1.807, 2.05) is 69.3 Å². The van der Waals surface area contributed by atoms with Crippen LogP contribution in [-0.2, 0) is 4.79 Å². The van der Waals surface area contributed by atoms with Crippen LogP contribution in [0.1, 0.15) is 48.1 Å². The predicted molar refractivity (Wildman–Crippen MR) is 141 cm³/mol. The molecule has 0 saturated carbocycles. The van der Waals surface area contributed by atoms with Crippen LogP contribution in [0.15, 0.2) is 78.4 Å². The molecule has 35 heavy (non-hydrogen) atoms. The van der Waals surface area contributed by atoms with Crippen molar-refractivity contribution >= 4 is 40.4 Å². The number of rotatable bonds is 7. The van der Waals surface area contributed by atoms with Gasteiger partial charge in [-0.3, -0.25) is 0 Å². The first-order valence-corrected chi connectivity index (χ1v) is 11.5. The summed E-state index contributed by atoms with van der Waals surface area (Å²) in [5, 5.41) is 19.4. The lowest BCUT2D eigenvalue weighted by Crippen LogP contribution is -1.99. The molecular weight excluding hydrogens is 461 g/mol. The largest absolute Gasteiger partial charge is 0.478 e. The standard InChI is InChI=1S/C30H25ClFNO2/c1-4-24(26-15-14-23(32)17-28(26)31)30(22-12-9-21(10-13-22)11-16-29(34)35)20(3)27(18-33)25-8-6-5-7-19(25)2/h5-17H,4H2,1-3H3,(H,34,35)/b16-11+,27-20+,30-24-. The van der Waals surface area contributed by atoms with Gasteiger partial charge in [0.25, 0.3) is 0 Å². The minimum absolute atomic E-state index is 0.294. The van der Waals surface area contributed by atoms with Gasteiger partial charge in [0, 0.05) is 6.08 Å². The molecule has 0 aromatic heterocycles. The van der Waals surface area contributed by atoms with Gasteiger partial charge in [-0.25, -0.2) is 9.18 Å². The molecule has 0 bridgehead atoms. The number of allylic oxidation sites excluding steroid dienone is 4. The van der Waals surface area contributed by atoms with Gasteiger partial charge in [0.2, 0.25) is 0 Å². The number of carboxylic acid groups (broad SMARTS) is 1. The number of aryl methyl sites for hydroxylation is 1. The van der Waals surface area contributed by atoms with Crippen LogP contribution in [0, 0.1) is 24.1 Å². The van der Waals surface area contributed by atoms with E-state index in [0.29, 0.717) is 22.6 Å². The Balaban J connectivity index is 2.35. The number of aliphatic carboxylic acids is 1. The van der Waals surface area contributed by atoms with Gasteiger partial charge < -0.3 is 5.11 Å². The Morgan fingerprint density at radius 2 is 1.77 bits per heavy atom. The summed E-state index contributed by atoms with van der Waals surface area (Å²) < 4.78 is 13.8. The number of carboxylic acids is 1. The molecule has 0 atom stereocenters. The SMILES string of the molecule is CC/C(=C(\C(C)=C(/C#N)c1ccccc1C)c1ccc(/C=C/C(=O)O)cc1)c1ccc(F)cc1Cl. The number of halogens is 2. The van der Waals surface area contributed by atoms with Gasteiger partial charge in [0.1, 0.15) is 11.9 Å². The second-order valence-electron chi connectivity index (χ2n) is 8.05. The van der Waals surface area contributed by atoms with Gasteiger partial charge in [-0.1, -0.05) is 73.1 Å². The van der Waals surface area contributed by atoms with Crippen LogP contribution in [0.3, 0.4) is 0 Å². The molecule has 0 spiro atoms. The van der Waals surface area contributed by atoms with Crippen LogP contribution in [-0.4, -0.2) is 11.1 Å². The van der Waals surface area contributed by atoms with Gasteiger partial charge in [0.05, 0.1) is 10.6 Å². The van der Waals surface area contributed by atoms with Crippen molar-refractivity contribution in [1.29, 1.82) is 5.26 Å². The Morgan fingerprint density at radius 3 is 2.34 bits per heavy atom. The van der Waals surface area contributed by atoms with Crippen LogP contribution in [0.25, 0.3) is 22.8 Å². The Bertz CT molecular complexity index is 1390. The molecule has 5 heteroatoms. The van der Waals surface area contributed by atoms with Gasteiger partial charge >= 0.3 is 5.97 Å². The van der Waals surface area contributed by atoms with Crippen LogP contribution < -0.4 is 0 Å². The minimum atomic E-state index is -1.02. The molecule has 0 aliphatic heterocycles. The first-order chi connectivity index (χ1) is 16.8. The second-order valence-corrected chi connectivity index (χ2v) is 8.46. The smallest absolute Gasteiger partial charge is 0.328 e. The molecule has 0 aliphatic carbocycles. The molecule has 0 fully saturated rings. The molecule has 3 aromatic rings. The predicted octanol–water partition coefficient (Wildman–Crippen LogP) is 8.20. The van der Waals surface area contributed by atoms with Crippen molar-refractivity contribution in [3.63, 3.8) is 0 Å².